The monoisotopic (exact) mass is 261 g/mol. The molecule has 2 aromatic carbocycles. The molecule has 0 saturated carbocycles. The SMILES string of the molecule is CC(N)c1cccc(F)c1SCc1ccccc1. The van der Waals surface area contributed by atoms with Crippen molar-refractivity contribution in [1.82, 2.24) is 0 Å². The van der Waals surface area contributed by atoms with Gasteiger partial charge in [0.05, 0.1) is 0 Å². The van der Waals surface area contributed by atoms with E-state index in [0.717, 1.165) is 11.3 Å². The average molecular weight is 261 g/mol. The van der Waals surface area contributed by atoms with Crippen molar-refractivity contribution in [1.29, 1.82) is 0 Å². The largest absolute Gasteiger partial charge is 0.324 e. The maximum absolute atomic E-state index is 13.8. The molecule has 94 valence electrons. The highest BCUT2D eigenvalue weighted by atomic mass is 32.2. The van der Waals surface area contributed by atoms with Crippen LogP contribution in [0.15, 0.2) is 53.4 Å². The molecular formula is C15H16FNS. The molecule has 0 saturated heterocycles. The van der Waals surface area contributed by atoms with Gasteiger partial charge in [-0.05, 0) is 24.1 Å². The van der Waals surface area contributed by atoms with E-state index in [-0.39, 0.29) is 11.9 Å². The molecule has 0 bridgehead atoms. The third-order valence-electron chi connectivity index (χ3n) is 2.71. The van der Waals surface area contributed by atoms with Crippen LogP contribution in [-0.4, -0.2) is 0 Å². The fourth-order valence-electron chi connectivity index (χ4n) is 1.77. The predicted octanol–water partition coefficient (Wildman–Crippen LogP) is 4.14. The summed E-state index contributed by atoms with van der Waals surface area (Å²) < 4.78 is 13.8. The fraction of sp³-hybridized carbons (Fsp3) is 0.200. The van der Waals surface area contributed by atoms with E-state index in [9.17, 15) is 4.39 Å². The van der Waals surface area contributed by atoms with E-state index >= 15 is 0 Å². The molecule has 2 N–H and O–H groups in total. The number of thioether (sulfide) groups is 1. The summed E-state index contributed by atoms with van der Waals surface area (Å²) in [5.74, 6) is 0.562. The maximum Gasteiger partial charge on any atom is 0.137 e. The van der Waals surface area contributed by atoms with E-state index in [0.29, 0.717) is 4.90 Å². The van der Waals surface area contributed by atoms with Crippen LogP contribution >= 0.6 is 11.8 Å². The molecule has 3 heteroatoms. The molecular weight excluding hydrogens is 245 g/mol. The lowest BCUT2D eigenvalue weighted by Crippen LogP contribution is -2.07. The molecule has 0 heterocycles. The Morgan fingerprint density at radius 1 is 1.11 bits per heavy atom. The molecule has 0 fully saturated rings. The van der Waals surface area contributed by atoms with Gasteiger partial charge in [-0.3, -0.25) is 0 Å². The van der Waals surface area contributed by atoms with E-state index in [1.54, 1.807) is 6.07 Å². The Bertz CT molecular complexity index is 511. The van der Waals surface area contributed by atoms with Crippen LogP contribution in [0.5, 0.6) is 0 Å². The first-order chi connectivity index (χ1) is 8.68. The molecule has 0 aliphatic heterocycles. The zero-order chi connectivity index (χ0) is 13.0. The second kappa shape index (κ2) is 6.03. The van der Waals surface area contributed by atoms with Crippen LogP contribution < -0.4 is 5.73 Å². The molecule has 2 aromatic rings. The standard InChI is InChI=1S/C15H16FNS/c1-11(17)13-8-5-9-14(16)15(13)18-10-12-6-3-2-4-7-12/h2-9,11H,10,17H2,1H3. The van der Waals surface area contributed by atoms with Crippen molar-refractivity contribution in [2.75, 3.05) is 0 Å². The van der Waals surface area contributed by atoms with Gasteiger partial charge in [0.1, 0.15) is 5.82 Å². The van der Waals surface area contributed by atoms with E-state index in [1.807, 2.05) is 43.3 Å². The van der Waals surface area contributed by atoms with Gasteiger partial charge < -0.3 is 5.73 Å². The Hall–Kier alpha value is -1.32. The van der Waals surface area contributed by atoms with Crippen LogP contribution in [-0.2, 0) is 5.75 Å². The van der Waals surface area contributed by atoms with Crippen LogP contribution in [0.1, 0.15) is 24.1 Å². The summed E-state index contributed by atoms with van der Waals surface area (Å²) in [6.45, 7) is 1.88. The molecule has 1 unspecified atom stereocenters. The molecule has 1 atom stereocenters. The number of hydrogen-bond donors (Lipinski definition) is 1. The van der Waals surface area contributed by atoms with Crippen molar-refractivity contribution in [3.05, 3.63) is 65.5 Å². The first-order valence-corrected chi connectivity index (χ1v) is 6.87. The molecule has 0 aliphatic rings. The van der Waals surface area contributed by atoms with Crippen LogP contribution in [0.2, 0.25) is 0 Å². The summed E-state index contributed by atoms with van der Waals surface area (Å²) in [5, 5.41) is 0. The van der Waals surface area contributed by atoms with Crippen LogP contribution in [0.3, 0.4) is 0 Å². The first kappa shape index (κ1) is 13.1. The van der Waals surface area contributed by atoms with Gasteiger partial charge in [-0.2, -0.15) is 0 Å². The molecule has 0 spiro atoms. The normalized spacial score (nSPS) is 12.4. The van der Waals surface area contributed by atoms with E-state index in [1.165, 1.54) is 23.4 Å². The molecule has 1 nitrogen and oxygen atoms in total. The summed E-state index contributed by atoms with van der Waals surface area (Å²) in [4.78, 5) is 0.663. The quantitative estimate of drug-likeness (QED) is 0.837. The van der Waals surface area contributed by atoms with E-state index in [2.05, 4.69) is 0 Å². The van der Waals surface area contributed by atoms with Gasteiger partial charge in [0.2, 0.25) is 0 Å². The molecule has 0 radical (unpaired) electrons. The van der Waals surface area contributed by atoms with Crippen molar-refractivity contribution in [2.45, 2.75) is 23.6 Å². The number of nitrogens with two attached hydrogens (primary N) is 1. The molecule has 0 aliphatic carbocycles. The van der Waals surface area contributed by atoms with Crippen LogP contribution in [0.25, 0.3) is 0 Å². The highest BCUT2D eigenvalue weighted by Gasteiger charge is 2.12. The highest BCUT2D eigenvalue weighted by molar-refractivity contribution is 7.98. The Morgan fingerprint density at radius 2 is 1.83 bits per heavy atom. The van der Waals surface area contributed by atoms with Crippen LogP contribution in [0, 0.1) is 5.82 Å². The van der Waals surface area contributed by atoms with Gasteiger partial charge in [0.25, 0.3) is 0 Å². The van der Waals surface area contributed by atoms with E-state index in [4.69, 9.17) is 5.73 Å². The Balaban J connectivity index is 2.19. The van der Waals surface area contributed by atoms with Crippen molar-refractivity contribution < 1.29 is 4.39 Å². The smallest absolute Gasteiger partial charge is 0.137 e. The minimum absolute atomic E-state index is 0.154. The average Bonchev–Trinajstić information content (AvgIpc) is 2.38. The zero-order valence-corrected chi connectivity index (χ0v) is 11.1. The first-order valence-electron chi connectivity index (χ1n) is 5.89. The molecule has 0 aromatic heterocycles. The predicted molar refractivity (Wildman–Crippen MR) is 75.0 cm³/mol. The summed E-state index contributed by atoms with van der Waals surface area (Å²) in [6.07, 6.45) is 0. The Kier molecular flexibility index (Phi) is 4.39. The Morgan fingerprint density at radius 3 is 2.50 bits per heavy atom. The molecule has 2 rings (SSSR count). The zero-order valence-electron chi connectivity index (χ0n) is 10.3. The van der Waals surface area contributed by atoms with Gasteiger partial charge in [-0.15, -0.1) is 11.8 Å². The third kappa shape index (κ3) is 3.12. The summed E-state index contributed by atoms with van der Waals surface area (Å²) in [7, 11) is 0. The van der Waals surface area contributed by atoms with Crippen molar-refractivity contribution in [3.63, 3.8) is 0 Å². The summed E-state index contributed by atoms with van der Waals surface area (Å²) in [5.41, 5.74) is 7.93. The Labute approximate surface area is 111 Å². The number of rotatable bonds is 4. The summed E-state index contributed by atoms with van der Waals surface area (Å²) in [6, 6.07) is 15.0. The van der Waals surface area contributed by atoms with Crippen molar-refractivity contribution >= 4 is 11.8 Å². The number of hydrogen-bond acceptors (Lipinski definition) is 2. The van der Waals surface area contributed by atoms with Gasteiger partial charge in [-0.1, -0.05) is 42.5 Å². The maximum atomic E-state index is 13.8. The van der Waals surface area contributed by atoms with Gasteiger partial charge in [0.15, 0.2) is 0 Å². The lowest BCUT2D eigenvalue weighted by molar-refractivity contribution is 0.591. The van der Waals surface area contributed by atoms with Gasteiger partial charge in [-0.25, -0.2) is 4.39 Å². The van der Waals surface area contributed by atoms with Crippen molar-refractivity contribution in [2.24, 2.45) is 5.73 Å². The van der Waals surface area contributed by atoms with Crippen molar-refractivity contribution in [3.8, 4) is 0 Å². The minimum atomic E-state index is -0.189. The molecule has 18 heavy (non-hydrogen) atoms. The number of benzene rings is 2. The highest BCUT2D eigenvalue weighted by Crippen LogP contribution is 2.31. The van der Waals surface area contributed by atoms with Gasteiger partial charge >= 0.3 is 0 Å². The van der Waals surface area contributed by atoms with E-state index < -0.39 is 0 Å². The number of halogens is 1. The third-order valence-corrected chi connectivity index (χ3v) is 3.91. The second-order valence-corrected chi connectivity index (χ2v) is 5.21. The fourth-order valence-corrected chi connectivity index (χ4v) is 2.90. The lowest BCUT2D eigenvalue weighted by atomic mass is 10.1. The topological polar surface area (TPSA) is 26.0 Å². The lowest BCUT2D eigenvalue weighted by Gasteiger charge is -2.13. The molecule has 0 amide bonds. The van der Waals surface area contributed by atoms with Crippen LogP contribution in [0.4, 0.5) is 4.39 Å². The second-order valence-electron chi connectivity index (χ2n) is 4.22. The summed E-state index contributed by atoms with van der Waals surface area (Å²) >= 11 is 1.50. The van der Waals surface area contributed by atoms with Gasteiger partial charge in [0, 0.05) is 16.7 Å². The minimum Gasteiger partial charge on any atom is -0.324 e.